The van der Waals surface area contributed by atoms with Gasteiger partial charge in [0.05, 0.1) is 32.3 Å². The Kier molecular flexibility index (Phi) is 10.5. The smallest absolute Gasteiger partial charge is 0.337 e. The minimum absolute atomic E-state index is 0. The highest BCUT2D eigenvalue weighted by Crippen LogP contribution is 2.08. The zero-order valence-electron chi connectivity index (χ0n) is 16.1. The summed E-state index contributed by atoms with van der Waals surface area (Å²) in [6.45, 7) is 1.20. The lowest BCUT2D eigenvalue weighted by molar-refractivity contribution is -0.127. The van der Waals surface area contributed by atoms with E-state index in [0.717, 1.165) is 5.56 Å². The first kappa shape index (κ1) is 23.9. The maximum absolute atomic E-state index is 11.8. The Morgan fingerprint density at radius 3 is 2.43 bits per heavy atom. The molecule has 0 saturated carbocycles. The highest BCUT2D eigenvalue weighted by molar-refractivity contribution is 14.0. The highest BCUT2D eigenvalue weighted by atomic mass is 127. The zero-order valence-corrected chi connectivity index (χ0v) is 19.2. The van der Waals surface area contributed by atoms with Gasteiger partial charge in [-0.1, -0.05) is 18.2 Å². The van der Waals surface area contributed by atoms with Crippen LogP contribution in [0.5, 0.6) is 0 Å². The minimum Gasteiger partial charge on any atom is -0.465 e. The number of esters is 1. The minimum atomic E-state index is -0.368. The molecule has 0 saturated heterocycles. The second-order valence-corrected chi connectivity index (χ2v) is 6.96. The topological polar surface area (TPSA) is 83.0 Å². The molecule has 1 aromatic carbocycles. The van der Waals surface area contributed by atoms with Crippen molar-refractivity contribution in [3.8, 4) is 0 Å². The number of benzene rings is 1. The summed E-state index contributed by atoms with van der Waals surface area (Å²) in [5.74, 6) is 0.144. The van der Waals surface area contributed by atoms with Gasteiger partial charge in [0, 0.05) is 19.0 Å². The Hall–Kier alpha value is -2.14. The van der Waals surface area contributed by atoms with Gasteiger partial charge >= 0.3 is 5.97 Å². The van der Waals surface area contributed by atoms with E-state index in [9.17, 15) is 9.59 Å². The lowest BCUT2D eigenvalue weighted by atomic mass is 10.1. The van der Waals surface area contributed by atoms with E-state index < -0.39 is 0 Å². The van der Waals surface area contributed by atoms with Gasteiger partial charge in [-0.25, -0.2) is 9.79 Å². The molecule has 0 fully saturated rings. The Morgan fingerprint density at radius 2 is 1.86 bits per heavy atom. The fraction of sp³-hybridized carbons (Fsp3) is 0.316. The van der Waals surface area contributed by atoms with Gasteiger partial charge in [0.25, 0.3) is 0 Å². The molecule has 0 radical (unpaired) electrons. The van der Waals surface area contributed by atoms with Crippen molar-refractivity contribution in [2.45, 2.75) is 13.1 Å². The first-order chi connectivity index (χ1) is 13.0. The van der Waals surface area contributed by atoms with E-state index in [-0.39, 0.29) is 42.4 Å². The van der Waals surface area contributed by atoms with Crippen molar-refractivity contribution in [3.05, 3.63) is 57.8 Å². The fourth-order valence-corrected chi connectivity index (χ4v) is 2.75. The van der Waals surface area contributed by atoms with Gasteiger partial charge in [-0.2, -0.15) is 0 Å². The van der Waals surface area contributed by atoms with Gasteiger partial charge in [0.1, 0.15) is 0 Å². The monoisotopic (exact) mass is 516 g/mol. The Bertz CT molecular complexity index is 777. The molecular weight excluding hydrogens is 491 g/mol. The van der Waals surface area contributed by atoms with Crippen molar-refractivity contribution in [3.63, 3.8) is 0 Å². The van der Waals surface area contributed by atoms with Gasteiger partial charge < -0.3 is 20.3 Å². The average molecular weight is 516 g/mol. The molecule has 2 N–H and O–H groups in total. The number of likely N-dealkylation sites (N-methyl/N-ethyl adjacent to an activating group) is 1. The van der Waals surface area contributed by atoms with Gasteiger partial charge in [-0.15, -0.1) is 35.3 Å². The van der Waals surface area contributed by atoms with Crippen LogP contribution in [-0.2, 0) is 22.6 Å². The van der Waals surface area contributed by atoms with Crippen LogP contribution in [0.1, 0.15) is 20.8 Å². The standard InChI is InChI=1S/C19H24N4O3S.HI/c1-23(2)17(24)13-22-19(21-12-16-5-4-10-27-16)20-11-14-6-8-15(9-7-14)18(25)26-3;/h4-10H,11-13H2,1-3H3,(H2,20,21,22);1H. The number of carbonyl (C=O) groups is 2. The van der Waals surface area contributed by atoms with Crippen molar-refractivity contribution in [2.75, 3.05) is 27.7 Å². The summed E-state index contributed by atoms with van der Waals surface area (Å²) in [5.41, 5.74) is 1.44. The summed E-state index contributed by atoms with van der Waals surface area (Å²) in [7, 11) is 4.78. The SMILES string of the molecule is COC(=O)c1ccc(CN=C(NCC(=O)N(C)C)NCc2cccs2)cc1.I. The predicted octanol–water partition coefficient (Wildman–Crippen LogP) is 2.48. The number of carbonyl (C=O) groups excluding carboxylic acids is 2. The molecule has 0 aliphatic rings. The molecule has 1 aromatic heterocycles. The number of hydrogen-bond acceptors (Lipinski definition) is 5. The van der Waals surface area contributed by atoms with Crippen LogP contribution in [0.25, 0.3) is 0 Å². The van der Waals surface area contributed by atoms with Crippen molar-refractivity contribution in [1.82, 2.24) is 15.5 Å². The molecule has 152 valence electrons. The van der Waals surface area contributed by atoms with Crippen LogP contribution in [0.4, 0.5) is 0 Å². The molecule has 0 unspecified atom stereocenters. The van der Waals surface area contributed by atoms with E-state index in [1.807, 2.05) is 29.6 Å². The largest absolute Gasteiger partial charge is 0.465 e. The van der Waals surface area contributed by atoms with Crippen molar-refractivity contribution >= 4 is 53.1 Å². The number of nitrogens with zero attached hydrogens (tertiary/aromatic N) is 2. The van der Waals surface area contributed by atoms with E-state index in [2.05, 4.69) is 15.6 Å². The van der Waals surface area contributed by atoms with Crippen LogP contribution in [-0.4, -0.2) is 50.5 Å². The number of thiophene rings is 1. The van der Waals surface area contributed by atoms with Crippen LogP contribution in [0.3, 0.4) is 0 Å². The third kappa shape index (κ3) is 7.85. The number of rotatable bonds is 7. The first-order valence-corrected chi connectivity index (χ1v) is 9.29. The molecule has 0 aliphatic carbocycles. The Morgan fingerprint density at radius 1 is 1.14 bits per heavy atom. The van der Waals surface area contributed by atoms with Gasteiger partial charge in [0.2, 0.25) is 5.91 Å². The molecule has 2 aromatic rings. The second-order valence-electron chi connectivity index (χ2n) is 5.93. The van der Waals surface area contributed by atoms with Crippen LogP contribution >= 0.6 is 35.3 Å². The number of halogens is 1. The molecular formula is C19H25IN4O3S. The van der Waals surface area contributed by atoms with Gasteiger partial charge in [-0.3, -0.25) is 4.79 Å². The van der Waals surface area contributed by atoms with E-state index in [0.29, 0.717) is 24.6 Å². The summed E-state index contributed by atoms with van der Waals surface area (Å²) in [4.78, 5) is 30.5. The van der Waals surface area contributed by atoms with E-state index in [1.54, 1.807) is 37.6 Å². The first-order valence-electron chi connectivity index (χ1n) is 8.41. The number of aliphatic imine (C=N–C) groups is 1. The Balaban J connectivity index is 0.00000392. The number of amides is 1. The molecule has 0 spiro atoms. The lowest BCUT2D eigenvalue weighted by Crippen LogP contribution is -2.42. The molecule has 0 bridgehead atoms. The van der Waals surface area contributed by atoms with Crippen LogP contribution in [0.15, 0.2) is 46.8 Å². The third-order valence-electron chi connectivity index (χ3n) is 3.71. The molecule has 0 aliphatic heterocycles. The quantitative estimate of drug-likeness (QED) is 0.256. The van der Waals surface area contributed by atoms with Gasteiger partial charge in [-0.05, 0) is 29.1 Å². The maximum atomic E-state index is 11.8. The number of methoxy groups -OCH3 is 1. The van der Waals surface area contributed by atoms with Crippen LogP contribution in [0.2, 0.25) is 0 Å². The molecule has 9 heteroatoms. The maximum Gasteiger partial charge on any atom is 0.337 e. The number of hydrogen-bond donors (Lipinski definition) is 2. The molecule has 2 rings (SSSR count). The third-order valence-corrected chi connectivity index (χ3v) is 4.59. The van der Waals surface area contributed by atoms with Crippen molar-refractivity contribution in [2.24, 2.45) is 4.99 Å². The number of guanidine groups is 1. The van der Waals surface area contributed by atoms with E-state index in [1.165, 1.54) is 16.9 Å². The molecule has 1 heterocycles. The second kappa shape index (κ2) is 12.3. The van der Waals surface area contributed by atoms with Crippen molar-refractivity contribution < 1.29 is 14.3 Å². The van der Waals surface area contributed by atoms with Crippen LogP contribution in [0, 0.1) is 0 Å². The molecule has 1 amide bonds. The molecule has 0 atom stereocenters. The number of nitrogens with one attached hydrogen (secondary N) is 2. The van der Waals surface area contributed by atoms with Crippen molar-refractivity contribution in [1.29, 1.82) is 0 Å². The predicted molar refractivity (Wildman–Crippen MR) is 122 cm³/mol. The summed E-state index contributed by atoms with van der Waals surface area (Å²) in [6.07, 6.45) is 0. The molecule has 7 nitrogen and oxygen atoms in total. The normalized spacial score (nSPS) is 10.6. The van der Waals surface area contributed by atoms with Crippen LogP contribution < -0.4 is 10.6 Å². The van der Waals surface area contributed by atoms with E-state index >= 15 is 0 Å². The fourth-order valence-electron chi connectivity index (χ4n) is 2.11. The molecule has 28 heavy (non-hydrogen) atoms. The average Bonchev–Trinajstić information content (AvgIpc) is 3.20. The number of ether oxygens (including phenoxy) is 1. The summed E-state index contributed by atoms with van der Waals surface area (Å²) in [5, 5.41) is 8.29. The Labute approximate surface area is 186 Å². The highest BCUT2D eigenvalue weighted by Gasteiger charge is 2.07. The summed E-state index contributed by atoms with van der Waals surface area (Å²) in [6, 6.07) is 11.1. The summed E-state index contributed by atoms with van der Waals surface area (Å²) >= 11 is 1.65. The van der Waals surface area contributed by atoms with E-state index in [4.69, 9.17) is 4.74 Å². The zero-order chi connectivity index (χ0) is 19.6. The van der Waals surface area contributed by atoms with Gasteiger partial charge in [0.15, 0.2) is 5.96 Å². The summed E-state index contributed by atoms with van der Waals surface area (Å²) < 4.78 is 4.69. The lowest BCUT2D eigenvalue weighted by Gasteiger charge is -2.14.